The monoisotopic (exact) mass is 403 g/mol. The number of aromatic carboxylic acids is 1. The molecule has 158 valence electrons. The zero-order valence-electron chi connectivity index (χ0n) is 17.5. The minimum absolute atomic E-state index is 0.0438. The van der Waals surface area contributed by atoms with Crippen molar-refractivity contribution in [3.63, 3.8) is 0 Å². The molecule has 1 aromatic carbocycles. The molecule has 0 bridgehead atoms. The van der Waals surface area contributed by atoms with Gasteiger partial charge in [0.15, 0.2) is 0 Å². The third-order valence-corrected chi connectivity index (χ3v) is 4.77. The molecule has 8 nitrogen and oxygen atoms in total. The summed E-state index contributed by atoms with van der Waals surface area (Å²) in [5.41, 5.74) is 5.71. The second kappa shape index (κ2) is 8.24. The van der Waals surface area contributed by atoms with E-state index in [-0.39, 0.29) is 30.4 Å². The molecular formula is C21H29N3O5. The Hall–Kier alpha value is -2.87. The lowest BCUT2D eigenvalue weighted by Gasteiger charge is -2.28. The molecule has 0 fully saturated rings. The number of aryl methyl sites for hydroxylation is 1. The molecule has 1 heterocycles. The molecule has 8 heteroatoms. The summed E-state index contributed by atoms with van der Waals surface area (Å²) in [5, 5.41) is 22.0. The number of pyridine rings is 1. The van der Waals surface area contributed by atoms with Crippen LogP contribution in [0.25, 0.3) is 10.9 Å². The van der Waals surface area contributed by atoms with Gasteiger partial charge < -0.3 is 26.0 Å². The Morgan fingerprint density at radius 1 is 1.24 bits per heavy atom. The number of aliphatic hydroxyl groups is 1. The molecule has 0 aliphatic heterocycles. The van der Waals surface area contributed by atoms with E-state index in [1.54, 1.807) is 39.0 Å². The molecule has 2 aromatic rings. The number of nitrogens with two attached hydrogens (primary N) is 1. The number of hydrogen-bond acceptors (Lipinski definition) is 6. The number of carboxylic acid groups (broad SMARTS) is 1. The molecule has 0 aliphatic rings. The van der Waals surface area contributed by atoms with Crippen molar-refractivity contribution in [1.82, 2.24) is 10.3 Å². The normalized spacial score (nSPS) is 12.1. The number of carbonyl (C=O) groups is 2. The average Bonchev–Trinajstić information content (AvgIpc) is 2.63. The van der Waals surface area contributed by atoms with Gasteiger partial charge in [-0.3, -0.25) is 9.78 Å². The number of benzene rings is 1. The maximum atomic E-state index is 12.6. The second-order valence-corrected chi connectivity index (χ2v) is 8.62. The van der Waals surface area contributed by atoms with Crippen LogP contribution in [0.3, 0.4) is 0 Å². The summed E-state index contributed by atoms with van der Waals surface area (Å²) in [7, 11) is 0. The molecule has 0 unspecified atom stereocenters. The number of carbonyl (C=O) groups excluding carboxylic acids is 1. The van der Waals surface area contributed by atoms with Crippen LogP contribution in [0.1, 0.15) is 43.7 Å². The van der Waals surface area contributed by atoms with Gasteiger partial charge in [0, 0.05) is 18.6 Å². The zero-order valence-corrected chi connectivity index (χ0v) is 17.5. The molecule has 0 aliphatic carbocycles. The van der Waals surface area contributed by atoms with Gasteiger partial charge in [-0.2, -0.15) is 0 Å². The van der Waals surface area contributed by atoms with Crippen molar-refractivity contribution in [3.05, 3.63) is 29.5 Å². The quantitative estimate of drug-likeness (QED) is 0.531. The fourth-order valence-electron chi connectivity index (χ4n) is 2.77. The van der Waals surface area contributed by atoms with E-state index in [9.17, 15) is 19.8 Å². The summed E-state index contributed by atoms with van der Waals surface area (Å²) in [6.07, 6.45) is 0. The van der Waals surface area contributed by atoms with Gasteiger partial charge in [0.2, 0.25) is 5.91 Å². The number of aliphatic hydroxyl groups excluding tert-OH is 1. The first-order valence-electron chi connectivity index (χ1n) is 9.34. The number of amides is 1. The Morgan fingerprint density at radius 3 is 2.48 bits per heavy atom. The number of aromatic nitrogens is 1. The standard InChI is InChI=1S/C21H29N3O5/c1-12-15(18(26)27)17(22)16-13(24-12)7-6-8-14(16)29-11-21(4,5)19(28)23-9-20(2,3)10-25/h6-8,25H,9-11H2,1-5H3,(H2,22,24)(H,23,28)(H,26,27). The number of nitrogens with one attached hydrogen (secondary N) is 1. The van der Waals surface area contributed by atoms with Gasteiger partial charge in [-0.1, -0.05) is 19.9 Å². The molecule has 0 saturated carbocycles. The Morgan fingerprint density at radius 2 is 1.90 bits per heavy atom. The van der Waals surface area contributed by atoms with Crippen LogP contribution in [0.4, 0.5) is 5.69 Å². The Labute approximate surface area is 170 Å². The number of rotatable bonds is 8. The van der Waals surface area contributed by atoms with Crippen LogP contribution in [0, 0.1) is 17.8 Å². The van der Waals surface area contributed by atoms with Crippen molar-refractivity contribution in [1.29, 1.82) is 0 Å². The predicted molar refractivity (Wildman–Crippen MR) is 111 cm³/mol. The summed E-state index contributed by atoms with van der Waals surface area (Å²) < 4.78 is 5.90. The van der Waals surface area contributed by atoms with Crippen LogP contribution in [0.15, 0.2) is 18.2 Å². The van der Waals surface area contributed by atoms with Crippen LogP contribution in [-0.2, 0) is 4.79 Å². The van der Waals surface area contributed by atoms with E-state index < -0.39 is 16.8 Å². The first-order valence-corrected chi connectivity index (χ1v) is 9.34. The van der Waals surface area contributed by atoms with E-state index in [4.69, 9.17) is 10.5 Å². The van der Waals surface area contributed by atoms with Gasteiger partial charge in [0.25, 0.3) is 0 Å². The minimum Gasteiger partial charge on any atom is -0.492 e. The molecule has 1 aromatic heterocycles. The highest BCUT2D eigenvalue weighted by atomic mass is 16.5. The van der Waals surface area contributed by atoms with Crippen LogP contribution in [-0.4, -0.2) is 46.8 Å². The molecule has 0 atom stereocenters. The SMILES string of the molecule is Cc1nc2cccc(OCC(C)(C)C(=O)NCC(C)(C)CO)c2c(N)c1C(=O)O. The summed E-state index contributed by atoms with van der Waals surface area (Å²) >= 11 is 0. The molecule has 2 rings (SSSR count). The highest BCUT2D eigenvalue weighted by molar-refractivity contribution is 6.06. The average molecular weight is 403 g/mol. The van der Waals surface area contributed by atoms with E-state index >= 15 is 0 Å². The van der Waals surface area contributed by atoms with Gasteiger partial charge in [0.05, 0.1) is 27.7 Å². The van der Waals surface area contributed by atoms with Gasteiger partial charge in [-0.15, -0.1) is 0 Å². The highest BCUT2D eigenvalue weighted by Gasteiger charge is 2.30. The van der Waals surface area contributed by atoms with Crippen molar-refractivity contribution in [2.75, 3.05) is 25.5 Å². The third kappa shape index (κ3) is 4.95. The lowest BCUT2D eigenvalue weighted by Crippen LogP contribution is -2.45. The maximum Gasteiger partial charge on any atom is 0.339 e. The summed E-state index contributed by atoms with van der Waals surface area (Å²) in [5.74, 6) is -1.01. The number of carboxylic acids is 1. The van der Waals surface area contributed by atoms with E-state index in [2.05, 4.69) is 10.3 Å². The van der Waals surface area contributed by atoms with Crippen LogP contribution >= 0.6 is 0 Å². The van der Waals surface area contributed by atoms with Gasteiger partial charge >= 0.3 is 5.97 Å². The third-order valence-electron chi connectivity index (χ3n) is 4.77. The number of nitrogens with zero attached hydrogens (tertiary/aromatic N) is 1. The molecule has 0 radical (unpaired) electrons. The number of nitrogen functional groups attached to an aromatic ring is 1. The van der Waals surface area contributed by atoms with Crippen LogP contribution < -0.4 is 15.8 Å². The number of hydrogen-bond donors (Lipinski definition) is 4. The zero-order chi connectivity index (χ0) is 22.0. The fraction of sp³-hybridized carbons (Fsp3) is 0.476. The molecule has 0 saturated heterocycles. The molecule has 0 spiro atoms. The van der Waals surface area contributed by atoms with E-state index in [1.807, 2.05) is 13.8 Å². The molecule has 1 amide bonds. The van der Waals surface area contributed by atoms with Crippen molar-refractivity contribution in [3.8, 4) is 5.75 Å². The Kier molecular flexibility index (Phi) is 6.37. The van der Waals surface area contributed by atoms with Gasteiger partial charge in [-0.05, 0) is 32.9 Å². The van der Waals surface area contributed by atoms with Crippen molar-refractivity contribution < 1.29 is 24.5 Å². The first kappa shape index (κ1) is 22.4. The minimum atomic E-state index is -1.16. The van der Waals surface area contributed by atoms with Crippen LogP contribution in [0.2, 0.25) is 0 Å². The smallest absolute Gasteiger partial charge is 0.339 e. The fourth-order valence-corrected chi connectivity index (χ4v) is 2.77. The maximum absolute atomic E-state index is 12.6. The molecular weight excluding hydrogens is 374 g/mol. The highest BCUT2D eigenvalue weighted by Crippen LogP contribution is 2.34. The summed E-state index contributed by atoms with van der Waals surface area (Å²) in [6, 6.07) is 5.14. The second-order valence-electron chi connectivity index (χ2n) is 8.62. The van der Waals surface area contributed by atoms with E-state index in [0.717, 1.165) is 0 Å². The number of anilines is 1. The van der Waals surface area contributed by atoms with Gasteiger partial charge in [0.1, 0.15) is 17.9 Å². The summed E-state index contributed by atoms with van der Waals surface area (Å²) in [4.78, 5) is 28.4. The first-order chi connectivity index (χ1) is 13.4. The van der Waals surface area contributed by atoms with E-state index in [0.29, 0.717) is 28.9 Å². The Balaban J connectivity index is 2.27. The van der Waals surface area contributed by atoms with Gasteiger partial charge in [-0.25, -0.2) is 4.79 Å². The lowest BCUT2D eigenvalue weighted by atomic mass is 9.91. The largest absolute Gasteiger partial charge is 0.492 e. The lowest BCUT2D eigenvalue weighted by molar-refractivity contribution is -0.131. The van der Waals surface area contributed by atoms with Crippen LogP contribution in [0.5, 0.6) is 5.75 Å². The number of ether oxygens (including phenoxy) is 1. The Bertz CT molecular complexity index is 938. The van der Waals surface area contributed by atoms with E-state index in [1.165, 1.54) is 0 Å². The summed E-state index contributed by atoms with van der Waals surface area (Å²) in [6.45, 7) is 9.12. The van der Waals surface area contributed by atoms with Crippen molar-refractivity contribution in [2.45, 2.75) is 34.6 Å². The number of fused-ring (bicyclic) bond motifs is 1. The predicted octanol–water partition coefficient (Wildman–Crippen LogP) is 2.36. The molecule has 5 N–H and O–H groups in total. The topological polar surface area (TPSA) is 135 Å². The van der Waals surface area contributed by atoms with Crippen molar-refractivity contribution in [2.24, 2.45) is 10.8 Å². The molecule has 29 heavy (non-hydrogen) atoms. The van der Waals surface area contributed by atoms with Crippen molar-refractivity contribution >= 4 is 28.5 Å².